The molecular weight excluding hydrogens is 555 g/mol. The molecule has 0 atom stereocenters. The van der Waals surface area contributed by atoms with Crippen molar-refractivity contribution in [3.63, 3.8) is 0 Å². The minimum Gasteiger partial charge on any atom is -0.135 e. The van der Waals surface area contributed by atoms with Crippen LogP contribution in [0.4, 0.5) is 0 Å². The van der Waals surface area contributed by atoms with Crippen molar-refractivity contribution in [2.75, 3.05) is 0 Å². The molecule has 10 rings (SSSR count). The van der Waals surface area contributed by atoms with Gasteiger partial charge in [0.05, 0.1) is 0 Å². The van der Waals surface area contributed by atoms with Crippen molar-refractivity contribution in [1.29, 1.82) is 0 Å². The summed E-state index contributed by atoms with van der Waals surface area (Å²) in [5, 5.41) is 19.9. The zero-order valence-corrected chi connectivity index (χ0v) is 25.1. The summed E-state index contributed by atoms with van der Waals surface area (Å²) in [5.74, 6) is 0. The standard InChI is InChI=1S/C41H25PS/c1-42(37-24-31-6-2-3-11-36(31)43-37,34-22-18-29-14-12-25-7-4-9-27-16-20-32(34)40(29)38(25)27)35-23-19-30-15-13-26-8-5-10-28-17-21-33(35)41(30)39(26)28/h2-24H,1H2. The fourth-order valence-corrected chi connectivity index (χ4v) is 12.9. The average molecular weight is 581 g/mol. The molecule has 0 unspecified atom stereocenters. The van der Waals surface area contributed by atoms with E-state index in [9.17, 15) is 0 Å². The van der Waals surface area contributed by atoms with Gasteiger partial charge >= 0.3 is 0 Å². The van der Waals surface area contributed by atoms with Gasteiger partial charge in [0.25, 0.3) is 0 Å². The Labute approximate surface area is 253 Å². The van der Waals surface area contributed by atoms with Gasteiger partial charge in [0.15, 0.2) is 0 Å². The first kappa shape index (κ1) is 23.8. The third-order valence-corrected chi connectivity index (χ3v) is 15.1. The molecule has 10 aromatic rings. The second-order valence-electron chi connectivity index (χ2n) is 11.8. The zero-order chi connectivity index (χ0) is 28.3. The van der Waals surface area contributed by atoms with E-state index < -0.39 is 6.89 Å². The lowest BCUT2D eigenvalue weighted by atomic mass is 9.94. The highest BCUT2D eigenvalue weighted by atomic mass is 32.1. The lowest BCUT2D eigenvalue weighted by Gasteiger charge is -2.29. The third kappa shape index (κ3) is 3.11. The van der Waals surface area contributed by atoms with E-state index in [-0.39, 0.29) is 0 Å². The van der Waals surface area contributed by atoms with Crippen LogP contribution in [0.25, 0.3) is 74.7 Å². The van der Waals surface area contributed by atoms with Crippen LogP contribution in [0, 0.1) is 0 Å². The number of hydrogen-bond acceptors (Lipinski definition) is 1. The monoisotopic (exact) mass is 580 g/mol. The molecule has 0 aliphatic heterocycles. The van der Waals surface area contributed by atoms with Crippen LogP contribution in [0.5, 0.6) is 0 Å². The molecule has 2 heteroatoms. The Bertz CT molecular complexity index is 2550. The normalized spacial score (nSPS) is 12.7. The largest absolute Gasteiger partial charge is 0.135 e. The Balaban J connectivity index is 1.39. The van der Waals surface area contributed by atoms with Gasteiger partial charge in [-0.3, -0.25) is 0 Å². The van der Waals surface area contributed by atoms with E-state index in [2.05, 4.69) is 140 Å². The molecule has 0 amide bonds. The van der Waals surface area contributed by atoms with Crippen LogP contribution in [-0.4, -0.2) is 6.30 Å². The molecule has 0 bridgehead atoms. The molecule has 43 heavy (non-hydrogen) atoms. The van der Waals surface area contributed by atoms with E-state index in [0.717, 1.165) is 0 Å². The van der Waals surface area contributed by atoms with Crippen molar-refractivity contribution < 1.29 is 0 Å². The van der Waals surface area contributed by atoms with Crippen LogP contribution in [-0.2, 0) is 0 Å². The Hall–Kier alpha value is -4.68. The summed E-state index contributed by atoms with van der Waals surface area (Å²) >= 11 is 1.92. The lowest BCUT2D eigenvalue weighted by Crippen LogP contribution is -2.25. The number of thiophene rings is 1. The van der Waals surface area contributed by atoms with E-state index in [4.69, 9.17) is 6.30 Å². The van der Waals surface area contributed by atoms with Gasteiger partial charge in [-0.1, -0.05) is 134 Å². The summed E-state index contributed by atoms with van der Waals surface area (Å²) in [7, 11) is 0. The summed E-state index contributed by atoms with van der Waals surface area (Å²) in [6.07, 6.45) is 5.36. The number of benzene rings is 9. The predicted octanol–water partition coefficient (Wildman–Crippen LogP) is 10.4. The van der Waals surface area contributed by atoms with E-state index in [1.54, 1.807) is 0 Å². The summed E-state index contributed by atoms with van der Waals surface area (Å²) in [5.41, 5.74) is 0. The zero-order valence-electron chi connectivity index (χ0n) is 23.3. The molecule has 9 aromatic carbocycles. The molecule has 1 heterocycles. The number of rotatable bonds is 3. The average Bonchev–Trinajstić information content (AvgIpc) is 3.51. The Morgan fingerprint density at radius 2 is 0.814 bits per heavy atom. The molecule has 0 aliphatic rings. The van der Waals surface area contributed by atoms with Gasteiger partial charge in [-0.05, 0) is 99.6 Å². The fourth-order valence-electron chi connectivity index (χ4n) is 7.63. The van der Waals surface area contributed by atoms with Crippen LogP contribution in [0.1, 0.15) is 0 Å². The van der Waals surface area contributed by atoms with Gasteiger partial charge in [-0.2, -0.15) is 0 Å². The second-order valence-corrected chi connectivity index (χ2v) is 16.3. The highest BCUT2D eigenvalue weighted by molar-refractivity contribution is 7.97. The molecule has 200 valence electrons. The van der Waals surface area contributed by atoms with E-state index in [0.29, 0.717) is 0 Å². The van der Waals surface area contributed by atoms with E-state index in [1.807, 2.05) is 11.3 Å². The summed E-state index contributed by atoms with van der Waals surface area (Å²) in [6.45, 7) is -2.35. The second kappa shape index (κ2) is 8.45. The van der Waals surface area contributed by atoms with Crippen molar-refractivity contribution in [2.24, 2.45) is 0 Å². The van der Waals surface area contributed by atoms with Gasteiger partial charge in [0.2, 0.25) is 0 Å². The first-order chi connectivity index (χ1) is 21.2. The number of fused-ring (bicyclic) bond motifs is 1. The van der Waals surface area contributed by atoms with Crippen LogP contribution < -0.4 is 15.2 Å². The Morgan fingerprint density at radius 1 is 0.395 bits per heavy atom. The summed E-state index contributed by atoms with van der Waals surface area (Å²) < 4.78 is 2.69. The SMILES string of the molecule is C=P(c1cc2ccccc2s1)(c1ccc2ccc3cccc4ccc1c2c34)c1ccc2ccc3cccc4ccc1c2c34. The molecule has 0 saturated carbocycles. The Kier molecular flexibility index (Phi) is 4.68. The van der Waals surface area contributed by atoms with Gasteiger partial charge in [-0.25, -0.2) is 0 Å². The van der Waals surface area contributed by atoms with Gasteiger partial charge in [0.1, 0.15) is 0 Å². The van der Waals surface area contributed by atoms with Crippen molar-refractivity contribution >= 4 is 114 Å². The lowest BCUT2D eigenvalue weighted by molar-refractivity contribution is 1.79. The first-order valence-corrected chi connectivity index (χ1v) is 17.5. The molecule has 0 N–H and O–H groups in total. The number of hydrogen-bond donors (Lipinski definition) is 0. The van der Waals surface area contributed by atoms with Crippen LogP contribution in [0.3, 0.4) is 0 Å². The highest BCUT2D eigenvalue weighted by Crippen LogP contribution is 2.51. The maximum absolute atomic E-state index is 5.36. The Morgan fingerprint density at radius 3 is 1.33 bits per heavy atom. The quantitative estimate of drug-likeness (QED) is 0.144. The minimum absolute atomic E-state index is 1.29. The highest BCUT2D eigenvalue weighted by Gasteiger charge is 2.29. The molecule has 0 aliphatic carbocycles. The van der Waals surface area contributed by atoms with Gasteiger partial charge < -0.3 is 0 Å². The predicted molar refractivity (Wildman–Crippen MR) is 195 cm³/mol. The smallest absolute Gasteiger partial charge is 0.0365 e. The van der Waals surface area contributed by atoms with E-state index in [1.165, 1.54) is 89.9 Å². The molecule has 0 fully saturated rings. The van der Waals surface area contributed by atoms with E-state index >= 15 is 0 Å². The molecular formula is C41H25PS. The van der Waals surface area contributed by atoms with Crippen LogP contribution in [0.2, 0.25) is 0 Å². The molecule has 0 saturated heterocycles. The maximum Gasteiger partial charge on any atom is 0.0365 e. The van der Waals surface area contributed by atoms with Crippen molar-refractivity contribution in [3.05, 3.63) is 140 Å². The van der Waals surface area contributed by atoms with Gasteiger partial charge in [-0.15, -0.1) is 11.3 Å². The van der Waals surface area contributed by atoms with Crippen molar-refractivity contribution in [3.8, 4) is 0 Å². The maximum atomic E-state index is 5.36. The molecule has 0 nitrogen and oxygen atoms in total. The third-order valence-electron chi connectivity index (χ3n) is 9.62. The summed E-state index contributed by atoms with van der Waals surface area (Å²) in [6, 6.07) is 52.5. The van der Waals surface area contributed by atoms with Crippen LogP contribution >= 0.6 is 18.2 Å². The summed E-state index contributed by atoms with van der Waals surface area (Å²) in [4.78, 5) is 0. The molecule has 0 radical (unpaired) electrons. The molecule has 0 spiro atoms. The van der Waals surface area contributed by atoms with Gasteiger partial charge in [0, 0.05) is 9.32 Å². The topological polar surface area (TPSA) is 0 Å². The van der Waals surface area contributed by atoms with Crippen molar-refractivity contribution in [1.82, 2.24) is 0 Å². The molecule has 1 aromatic heterocycles. The minimum atomic E-state index is -2.35. The fraction of sp³-hybridized carbons (Fsp3) is 0. The van der Waals surface area contributed by atoms with Crippen molar-refractivity contribution in [2.45, 2.75) is 0 Å². The first-order valence-electron chi connectivity index (χ1n) is 14.8. The van der Waals surface area contributed by atoms with Crippen LogP contribution in [0.15, 0.2) is 140 Å².